The molecule has 1 amide bonds. The minimum atomic E-state index is -0.872. The van der Waals surface area contributed by atoms with Crippen molar-refractivity contribution in [3.8, 4) is 5.75 Å². The first-order chi connectivity index (χ1) is 12.4. The topological polar surface area (TPSA) is 104 Å². The Balaban J connectivity index is 2.11. The van der Waals surface area contributed by atoms with Crippen LogP contribution >= 0.6 is 0 Å². The van der Waals surface area contributed by atoms with Gasteiger partial charge < -0.3 is 23.9 Å². The molecule has 1 atom stereocenters. The van der Waals surface area contributed by atoms with Gasteiger partial charge in [-0.3, -0.25) is 4.79 Å². The molecule has 1 N–H and O–H groups in total. The van der Waals surface area contributed by atoms with Crippen molar-refractivity contribution in [1.82, 2.24) is 5.32 Å². The number of esters is 2. The number of benzene rings is 1. The zero-order chi connectivity index (χ0) is 19.1. The number of carbonyl (C=O) groups excluding carboxylic acids is 3. The number of rotatable bonds is 7. The Morgan fingerprint density at radius 2 is 1.69 bits per heavy atom. The molecule has 1 heterocycles. The first-order valence-corrected chi connectivity index (χ1v) is 7.73. The van der Waals surface area contributed by atoms with Crippen LogP contribution in [0.4, 0.5) is 0 Å². The summed E-state index contributed by atoms with van der Waals surface area (Å²) in [6.07, 6.45) is 0.636. The summed E-state index contributed by atoms with van der Waals surface area (Å²) in [6, 6.07) is 7.54. The quantitative estimate of drug-likeness (QED) is 0.752. The lowest BCUT2D eigenvalue weighted by atomic mass is 10.1. The zero-order valence-corrected chi connectivity index (χ0v) is 14.6. The normalized spacial score (nSPS) is 11.3. The molecule has 0 fully saturated rings. The van der Waals surface area contributed by atoms with Gasteiger partial charge in [0.05, 0.1) is 38.2 Å². The van der Waals surface area contributed by atoms with E-state index in [0.29, 0.717) is 5.76 Å². The SMILES string of the molecule is COC(=O)c1cc(O[C@@H](C)C(=O)NCc2ccco2)cc(C(=O)OC)c1. The van der Waals surface area contributed by atoms with E-state index in [2.05, 4.69) is 14.8 Å². The number of amides is 1. The molecule has 8 heteroatoms. The summed E-state index contributed by atoms with van der Waals surface area (Å²) in [7, 11) is 2.44. The highest BCUT2D eigenvalue weighted by atomic mass is 16.5. The van der Waals surface area contributed by atoms with Gasteiger partial charge in [0.15, 0.2) is 6.10 Å². The van der Waals surface area contributed by atoms with E-state index >= 15 is 0 Å². The van der Waals surface area contributed by atoms with Gasteiger partial charge in [-0.05, 0) is 37.3 Å². The van der Waals surface area contributed by atoms with Crippen molar-refractivity contribution >= 4 is 17.8 Å². The molecule has 0 saturated heterocycles. The average Bonchev–Trinajstić information content (AvgIpc) is 3.17. The number of hydrogen-bond acceptors (Lipinski definition) is 7. The fourth-order valence-corrected chi connectivity index (χ4v) is 2.13. The van der Waals surface area contributed by atoms with Crippen molar-refractivity contribution in [3.63, 3.8) is 0 Å². The molecule has 1 aromatic carbocycles. The van der Waals surface area contributed by atoms with E-state index in [1.54, 1.807) is 19.1 Å². The summed E-state index contributed by atoms with van der Waals surface area (Å²) in [5, 5.41) is 2.66. The largest absolute Gasteiger partial charge is 0.481 e. The lowest BCUT2D eigenvalue weighted by molar-refractivity contribution is -0.127. The summed E-state index contributed by atoms with van der Waals surface area (Å²) in [5.41, 5.74) is 0.210. The van der Waals surface area contributed by atoms with Crippen molar-refractivity contribution in [2.45, 2.75) is 19.6 Å². The molecule has 1 aromatic heterocycles. The van der Waals surface area contributed by atoms with E-state index in [1.807, 2.05) is 0 Å². The van der Waals surface area contributed by atoms with Gasteiger partial charge in [0.25, 0.3) is 5.91 Å². The molecular weight excluding hydrogens is 342 g/mol. The molecule has 0 aliphatic rings. The third kappa shape index (κ3) is 4.85. The molecule has 0 aliphatic heterocycles. The molecule has 138 valence electrons. The van der Waals surface area contributed by atoms with Crippen LogP contribution in [-0.4, -0.2) is 38.2 Å². The number of ether oxygens (including phenoxy) is 3. The van der Waals surface area contributed by atoms with Gasteiger partial charge in [-0.1, -0.05) is 0 Å². The molecule has 0 bridgehead atoms. The van der Waals surface area contributed by atoms with Gasteiger partial charge >= 0.3 is 11.9 Å². The van der Waals surface area contributed by atoms with E-state index < -0.39 is 18.0 Å². The van der Waals surface area contributed by atoms with Crippen LogP contribution < -0.4 is 10.1 Å². The summed E-state index contributed by atoms with van der Waals surface area (Å²) < 4.78 is 20.0. The lowest BCUT2D eigenvalue weighted by Gasteiger charge is -2.15. The molecule has 0 saturated carbocycles. The smallest absolute Gasteiger partial charge is 0.338 e. The molecule has 26 heavy (non-hydrogen) atoms. The standard InChI is InChI=1S/C18H19NO7/c1-11(16(20)19-10-14-5-4-6-25-14)26-15-8-12(17(21)23-2)7-13(9-15)18(22)24-3/h4-9,11H,10H2,1-3H3,(H,19,20)/t11-/m0/s1. The Kier molecular flexibility index (Phi) is 6.37. The monoisotopic (exact) mass is 361 g/mol. The number of methoxy groups -OCH3 is 2. The van der Waals surface area contributed by atoms with Crippen LogP contribution in [0.5, 0.6) is 5.75 Å². The fourth-order valence-electron chi connectivity index (χ4n) is 2.13. The van der Waals surface area contributed by atoms with Crippen molar-refractivity contribution in [3.05, 3.63) is 53.5 Å². The predicted octanol–water partition coefficient (Wildman–Crippen LogP) is 1.94. The van der Waals surface area contributed by atoms with Crippen LogP contribution in [0, 0.1) is 0 Å². The van der Waals surface area contributed by atoms with Crippen LogP contribution in [0.3, 0.4) is 0 Å². The molecule has 0 spiro atoms. The first kappa shape index (κ1) is 19.0. The summed E-state index contributed by atoms with van der Waals surface area (Å²) in [5.74, 6) is -0.907. The van der Waals surface area contributed by atoms with Crippen molar-refractivity contribution < 1.29 is 33.0 Å². The van der Waals surface area contributed by atoms with E-state index in [-0.39, 0.29) is 29.3 Å². The number of nitrogens with one attached hydrogen (secondary N) is 1. The average molecular weight is 361 g/mol. The van der Waals surface area contributed by atoms with E-state index in [1.165, 1.54) is 38.7 Å². The number of hydrogen-bond donors (Lipinski definition) is 1. The van der Waals surface area contributed by atoms with Crippen LogP contribution in [-0.2, 0) is 20.8 Å². The first-order valence-electron chi connectivity index (χ1n) is 7.73. The Labute approximate surface area is 150 Å². The molecule has 2 rings (SSSR count). The molecule has 0 unspecified atom stereocenters. The fraction of sp³-hybridized carbons (Fsp3) is 0.278. The third-order valence-electron chi connectivity index (χ3n) is 3.45. The highest BCUT2D eigenvalue weighted by Gasteiger charge is 2.19. The maximum absolute atomic E-state index is 12.1. The van der Waals surface area contributed by atoms with Crippen LogP contribution in [0.2, 0.25) is 0 Å². The van der Waals surface area contributed by atoms with Gasteiger partial charge in [-0.2, -0.15) is 0 Å². The van der Waals surface area contributed by atoms with Crippen molar-refractivity contribution in [1.29, 1.82) is 0 Å². The molecule has 0 radical (unpaired) electrons. The summed E-state index contributed by atoms with van der Waals surface area (Å²) >= 11 is 0. The van der Waals surface area contributed by atoms with Crippen LogP contribution in [0.1, 0.15) is 33.4 Å². The third-order valence-corrected chi connectivity index (χ3v) is 3.45. The highest BCUT2D eigenvalue weighted by Crippen LogP contribution is 2.20. The van der Waals surface area contributed by atoms with Gasteiger partial charge in [0.1, 0.15) is 11.5 Å². The van der Waals surface area contributed by atoms with E-state index in [0.717, 1.165) is 0 Å². The Bertz CT molecular complexity index is 749. The second kappa shape index (κ2) is 8.70. The number of furan rings is 1. The minimum absolute atomic E-state index is 0.105. The van der Waals surface area contributed by atoms with Crippen molar-refractivity contribution in [2.24, 2.45) is 0 Å². The second-order valence-electron chi connectivity index (χ2n) is 5.29. The molecular formula is C18H19NO7. The lowest BCUT2D eigenvalue weighted by Crippen LogP contribution is -2.35. The van der Waals surface area contributed by atoms with Gasteiger partial charge in [0, 0.05) is 0 Å². The number of carbonyl (C=O) groups is 3. The van der Waals surface area contributed by atoms with E-state index in [9.17, 15) is 14.4 Å². The van der Waals surface area contributed by atoms with Crippen LogP contribution in [0.15, 0.2) is 41.0 Å². The molecule has 0 aliphatic carbocycles. The van der Waals surface area contributed by atoms with Crippen molar-refractivity contribution in [2.75, 3.05) is 14.2 Å². The maximum Gasteiger partial charge on any atom is 0.338 e. The Hall–Kier alpha value is -3.29. The second-order valence-corrected chi connectivity index (χ2v) is 5.29. The van der Waals surface area contributed by atoms with Crippen LogP contribution in [0.25, 0.3) is 0 Å². The Morgan fingerprint density at radius 3 is 2.19 bits per heavy atom. The predicted molar refractivity (Wildman–Crippen MR) is 89.8 cm³/mol. The zero-order valence-electron chi connectivity index (χ0n) is 14.6. The summed E-state index contributed by atoms with van der Waals surface area (Å²) in [4.78, 5) is 35.7. The minimum Gasteiger partial charge on any atom is -0.481 e. The highest BCUT2D eigenvalue weighted by molar-refractivity contribution is 5.96. The van der Waals surface area contributed by atoms with Gasteiger partial charge in [-0.15, -0.1) is 0 Å². The van der Waals surface area contributed by atoms with Gasteiger partial charge in [0.2, 0.25) is 0 Å². The maximum atomic E-state index is 12.1. The van der Waals surface area contributed by atoms with E-state index in [4.69, 9.17) is 9.15 Å². The van der Waals surface area contributed by atoms with Gasteiger partial charge in [-0.25, -0.2) is 9.59 Å². The summed E-state index contributed by atoms with van der Waals surface area (Å²) in [6.45, 7) is 1.76. The molecule has 8 nitrogen and oxygen atoms in total. The molecule has 2 aromatic rings. The Morgan fingerprint density at radius 1 is 1.08 bits per heavy atom.